The Morgan fingerprint density at radius 1 is 1.18 bits per heavy atom. The molecule has 33 heavy (non-hydrogen) atoms. The molecule has 3 heterocycles. The van der Waals surface area contributed by atoms with Crippen LogP contribution in [0.15, 0.2) is 52.7 Å². The lowest BCUT2D eigenvalue weighted by molar-refractivity contribution is -0.384. The standard InChI is InChI=1S/C22H17ClN4O6/c1-12-8-14(13(2)26(12)15-5-6-19(27(31)32)18(23)10-15)9-17-20(28)24-22(30)25(21(17)29)11-16-4-3-7-33-16/h3-10H,11H2,1-2H3,(H,24,28,30)/b17-9+. The molecule has 1 aliphatic rings. The van der Waals surface area contributed by atoms with Crippen LogP contribution in [0.5, 0.6) is 0 Å². The van der Waals surface area contributed by atoms with Crippen LogP contribution in [0, 0.1) is 24.0 Å². The molecule has 3 aromatic rings. The van der Waals surface area contributed by atoms with E-state index in [1.807, 2.05) is 0 Å². The third kappa shape index (κ3) is 4.03. The third-order valence-corrected chi connectivity index (χ3v) is 5.54. The number of rotatable bonds is 5. The summed E-state index contributed by atoms with van der Waals surface area (Å²) < 4.78 is 6.99. The van der Waals surface area contributed by atoms with Crippen LogP contribution >= 0.6 is 11.6 Å². The van der Waals surface area contributed by atoms with E-state index in [1.165, 1.54) is 24.5 Å². The number of halogens is 1. The van der Waals surface area contributed by atoms with Crippen LogP contribution in [-0.2, 0) is 16.1 Å². The Bertz CT molecular complexity index is 1340. The van der Waals surface area contributed by atoms with E-state index in [9.17, 15) is 24.5 Å². The minimum absolute atomic E-state index is 0.0150. The lowest BCUT2D eigenvalue weighted by Crippen LogP contribution is -2.53. The number of nitro groups is 1. The molecule has 4 rings (SSSR count). The van der Waals surface area contributed by atoms with Gasteiger partial charge in [0.1, 0.15) is 16.4 Å². The fourth-order valence-electron chi connectivity index (χ4n) is 3.67. The summed E-state index contributed by atoms with van der Waals surface area (Å²) in [6.07, 6.45) is 2.83. The predicted octanol–water partition coefficient (Wildman–Crippen LogP) is 3.91. The van der Waals surface area contributed by atoms with Crippen molar-refractivity contribution in [1.82, 2.24) is 14.8 Å². The SMILES string of the molecule is Cc1cc(/C=C2\C(=O)NC(=O)N(Cc3ccco3)C2=O)c(C)n1-c1ccc([N+](=O)[O-])c(Cl)c1. The molecule has 0 bridgehead atoms. The zero-order valence-electron chi connectivity index (χ0n) is 17.5. The lowest BCUT2D eigenvalue weighted by Gasteiger charge is -2.25. The fourth-order valence-corrected chi connectivity index (χ4v) is 3.91. The molecule has 1 aromatic carbocycles. The summed E-state index contributed by atoms with van der Waals surface area (Å²) in [5, 5.41) is 13.2. The molecule has 0 saturated carbocycles. The van der Waals surface area contributed by atoms with Gasteiger partial charge in [0, 0.05) is 23.1 Å². The first-order chi connectivity index (χ1) is 15.7. The number of nitro benzene ring substituents is 1. The minimum Gasteiger partial charge on any atom is -0.467 e. The Morgan fingerprint density at radius 2 is 1.94 bits per heavy atom. The molecular formula is C22H17ClN4O6. The lowest BCUT2D eigenvalue weighted by atomic mass is 10.1. The highest BCUT2D eigenvalue weighted by Gasteiger charge is 2.36. The van der Waals surface area contributed by atoms with Crippen LogP contribution in [0.4, 0.5) is 10.5 Å². The van der Waals surface area contributed by atoms with E-state index >= 15 is 0 Å². The van der Waals surface area contributed by atoms with Crippen molar-refractivity contribution in [2.45, 2.75) is 20.4 Å². The van der Waals surface area contributed by atoms with Crippen molar-refractivity contribution in [2.75, 3.05) is 0 Å². The number of furan rings is 1. The largest absolute Gasteiger partial charge is 0.467 e. The van der Waals surface area contributed by atoms with E-state index in [-0.39, 0.29) is 22.8 Å². The number of benzene rings is 1. The van der Waals surface area contributed by atoms with Crippen LogP contribution in [0.25, 0.3) is 11.8 Å². The molecule has 1 aliphatic heterocycles. The molecule has 0 atom stereocenters. The van der Waals surface area contributed by atoms with Gasteiger partial charge in [-0.1, -0.05) is 11.6 Å². The van der Waals surface area contributed by atoms with Gasteiger partial charge < -0.3 is 8.98 Å². The number of imide groups is 2. The van der Waals surface area contributed by atoms with Crippen molar-refractivity contribution in [3.05, 3.63) is 86.1 Å². The van der Waals surface area contributed by atoms with Crippen LogP contribution in [0.3, 0.4) is 0 Å². The average molecular weight is 469 g/mol. The maximum atomic E-state index is 12.9. The van der Waals surface area contributed by atoms with Crippen molar-refractivity contribution in [2.24, 2.45) is 0 Å². The predicted molar refractivity (Wildman–Crippen MR) is 118 cm³/mol. The summed E-state index contributed by atoms with van der Waals surface area (Å²) in [6, 6.07) is 8.51. The number of barbiturate groups is 1. The number of nitrogens with one attached hydrogen (secondary N) is 1. The molecule has 10 nitrogen and oxygen atoms in total. The van der Waals surface area contributed by atoms with E-state index in [1.54, 1.807) is 42.7 Å². The third-order valence-electron chi connectivity index (χ3n) is 5.24. The minimum atomic E-state index is -0.829. The topological polar surface area (TPSA) is 128 Å². The molecule has 0 aliphatic carbocycles. The highest BCUT2D eigenvalue weighted by molar-refractivity contribution is 6.33. The van der Waals surface area contributed by atoms with Gasteiger partial charge in [-0.05, 0) is 55.8 Å². The first-order valence-electron chi connectivity index (χ1n) is 9.72. The molecule has 0 unspecified atom stereocenters. The van der Waals surface area contributed by atoms with Crippen molar-refractivity contribution < 1.29 is 23.7 Å². The van der Waals surface area contributed by atoms with Gasteiger partial charge in [-0.2, -0.15) is 0 Å². The Hall–Kier alpha value is -4.18. The number of hydrogen-bond acceptors (Lipinski definition) is 6. The van der Waals surface area contributed by atoms with Gasteiger partial charge in [-0.15, -0.1) is 0 Å². The van der Waals surface area contributed by atoms with Crippen LogP contribution in [0.2, 0.25) is 5.02 Å². The van der Waals surface area contributed by atoms with Gasteiger partial charge in [-0.3, -0.25) is 29.9 Å². The molecule has 11 heteroatoms. The van der Waals surface area contributed by atoms with Crippen molar-refractivity contribution in [3.8, 4) is 5.69 Å². The number of carbonyl (C=O) groups is 3. The highest BCUT2D eigenvalue weighted by Crippen LogP contribution is 2.30. The monoisotopic (exact) mass is 468 g/mol. The van der Waals surface area contributed by atoms with E-state index in [2.05, 4.69) is 5.32 Å². The molecular weight excluding hydrogens is 452 g/mol. The highest BCUT2D eigenvalue weighted by atomic mass is 35.5. The Labute approximate surface area is 192 Å². The summed E-state index contributed by atoms with van der Waals surface area (Å²) in [5.41, 5.74) is 2.14. The summed E-state index contributed by atoms with van der Waals surface area (Å²) in [6.45, 7) is 3.45. The number of amides is 4. The number of carbonyl (C=O) groups excluding carboxylic acids is 3. The Kier molecular flexibility index (Phi) is 5.60. The average Bonchev–Trinajstić information content (AvgIpc) is 3.35. The molecule has 1 fully saturated rings. The van der Waals surface area contributed by atoms with Crippen molar-refractivity contribution >= 4 is 41.2 Å². The number of aryl methyl sites for hydroxylation is 1. The van der Waals surface area contributed by atoms with E-state index in [0.717, 1.165) is 10.6 Å². The van der Waals surface area contributed by atoms with Crippen LogP contribution in [0.1, 0.15) is 22.7 Å². The maximum Gasteiger partial charge on any atom is 0.331 e. The van der Waals surface area contributed by atoms with Crippen LogP contribution in [-0.4, -0.2) is 32.2 Å². The van der Waals surface area contributed by atoms with Gasteiger partial charge in [0.05, 0.1) is 17.7 Å². The van der Waals surface area contributed by atoms with Crippen LogP contribution < -0.4 is 5.32 Å². The molecule has 4 amide bonds. The number of aromatic nitrogens is 1. The van der Waals surface area contributed by atoms with Crippen molar-refractivity contribution in [1.29, 1.82) is 0 Å². The summed E-state index contributed by atoms with van der Waals surface area (Å²) in [7, 11) is 0. The quantitative estimate of drug-likeness (QED) is 0.261. The smallest absolute Gasteiger partial charge is 0.331 e. The number of hydrogen-bond donors (Lipinski definition) is 1. The van der Waals surface area contributed by atoms with Crippen molar-refractivity contribution in [3.63, 3.8) is 0 Å². The maximum absolute atomic E-state index is 12.9. The van der Waals surface area contributed by atoms with Gasteiger partial charge in [0.15, 0.2) is 0 Å². The summed E-state index contributed by atoms with van der Waals surface area (Å²) >= 11 is 6.06. The Morgan fingerprint density at radius 3 is 2.58 bits per heavy atom. The van der Waals surface area contributed by atoms with Gasteiger partial charge in [-0.25, -0.2) is 4.79 Å². The van der Waals surface area contributed by atoms with Gasteiger partial charge in [0.25, 0.3) is 17.5 Å². The summed E-state index contributed by atoms with van der Waals surface area (Å²) in [5.74, 6) is -1.16. The van der Waals surface area contributed by atoms with E-state index in [0.29, 0.717) is 22.7 Å². The zero-order chi connectivity index (χ0) is 23.9. The van der Waals surface area contributed by atoms with Gasteiger partial charge in [0.2, 0.25) is 0 Å². The molecule has 168 valence electrons. The second-order valence-corrected chi connectivity index (χ2v) is 7.75. The second-order valence-electron chi connectivity index (χ2n) is 7.34. The van der Waals surface area contributed by atoms with E-state index < -0.39 is 22.8 Å². The first-order valence-corrected chi connectivity index (χ1v) is 10.1. The second kappa shape index (κ2) is 8.40. The molecule has 0 spiro atoms. The number of nitrogens with zero attached hydrogens (tertiary/aromatic N) is 3. The normalized spacial score (nSPS) is 15.3. The first kappa shape index (κ1) is 22.0. The molecule has 1 N–H and O–H groups in total. The Balaban J connectivity index is 1.71. The summed E-state index contributed by atoms with van der Waals surface area (Å²) in [4.78, 5) is 48.9. The molecule has 0 radical (unpaired) electrons. The molecule has 1 saturated heterocycles. The zero-order valence-corrected chi connectivity index (χ0v) is 18.3. The number of urea groups is 1. The molecule has 2 aromatic heterocycles. The van der Waals surface area contributed by atoms with Gasteiger partial charge >= 0.3 is 6.03 Å². The van der Waals surface area contributed by atoms with E-state index in [4.69, 9.17) is 16.0 Å². The fraction of sp³-hybridized carbons (Fsp3) is 0.136.